The number of carbonyl (C=O) groups is 1. The average molecular weight is 272 g/mol. The SMILES string of the molecule is C[C@@H](CCN)OC1CCNCC1C(=O)OC(C)(C)C. The first-order valence-corrected chi connectivity index (χ1v) is 7.12. The second kappa shape index (κ2) is 7.22. The van der Waals surface area contributed by atoms with E-state index < -0.39 is 5.60 Å². The summed E-state index contributed by atoms with van der Waals surface area (Å²) in [5.74, 6) is -0.405. The minimum atomic E-state index is -0.456. The summed E-state index contributed by atoms with van der Waals surface area (Å²) in [6, 6.07) is 0. The largest absolute Gasteiger partial charge is 0.460 e. The Morgan fingerprint density at radius 2 is 2.16 bits per heavy atom. The van der Waals surface area contributed by atoms with Gasteiger partial charge in [-0.15, -0.1) is 0 Å². The van der Waals surface area contributed by atoms with Gasteiger partial charge in [-0.2, -0.15) is 0 Å². The highest BCUT2D eigenvalue weighted by Gasteiger charge is 2.35. The maximum atomic E-state index is 12.2. The number of esters is 1. The van der Waals surface area contributed by atoms with Gasteiger partial charge in [-0.25, -0.2) is 0 Å². The fraction of sp³-hybridized carbons (Fsp3) is 0.929. The molecule has 1 aliphatic heterocycles. The summed E-state index contributed by atoms with van der Waals surface area (Å²) in [6.07, 6.45) is 1.65. The van der Waals surface area contributed by atoms with E-state index in [1.54, 1.807) is 0 Å². The molecule has 112 valence electrons. The molecule has 1 saturated heterocycles. The Morgan fingerprint density at radius 3 is 2.74 bits per heavy atom. The fourth-order valence-electron chi connectivity index (χ4n) is 2.21. The second-order valence-electron chi connectivity index (χ2n) is 6.20. The molecule has 0 amide bonds. The van der Waals surface area contributed by atoms with Crippen LogP contribution in [-0.2, 0) is 14.3 Å². The van der Waals surface area contributed by atoms with Crippen molar-refractivity contribution >= 4 is 5.97 Å². The molecule has 5 nitrogen and oxygen atoms in total. The Labute approximate surface area is 116 Å². The second-order valence-corrected chi connectivity index (χ2v) is 6.20. The number of piperidine rings is 1. The van der Waals surface area contributed by atoms with Crippen molar-refractivity contribution in [2.24, 2.45) is 11.7 Å². The van der Waals surface area contributed by atoms with Gasteiger partial charge in [-0.1, -0.05) is 0 Å². The summed E-state index contributed by atoms with van der Waals surface area (Å²) < 4.78 is 11.4. The minimum Gasteiger partial charge on any atom is -0.460 e. The molecule has 1 aliphatic rings. The zero-order valence-corrected chi connectivity index (χ0v) is 12.6. The molecule has 0 radical (unpaired) electrons. The van der Waals surface area contributed by atoms with E-state index in [4.69, 9.17) is 15.2 Å². The molecular weight excluding hydrogens is 244 g/mol. The molecule has 3 atom stereocenters. The average Bonchev–Trinajstić information content (AvgIpc) is 2.27. The van der Waals surface area contributed by atoms with Crippen molar-refractivity contribution in [1.82, 2.24) is 5.32 Å². The normalized spacial score (nSPS) is 25.9. The van der Waals surface area contributed by atoms with Crippen molar-refractivity contribution in [3.63, 3.8) is 0 Å². The third-order valence-corrected chi connectivity index (χ3v) is 3.11. The van der Waals surface area contributed by atoms with Crippen molar-refractivity contribution in [2.75, 3.05) is 19.6 Å². The van der Waals surface area contributed by atoms with Crippen molar-refractivity contribution in [3.8, 4) is 0 Å². The first-order chi connectivity index (χ1) is 8.83. The maximum absolute atomic E-state index is 12.2. The fourth-order valence-corrected chi connectivity index (χ4v) is 2.21. The molecule has 0 saturated carbocycles. The highest BCUT2D eigenvalue weighted by atomic mass is 16.6. The summed E-state index contributed by atoms with van der Waals surface area (Å²) in [5.41, 5.74) is 5.07. The van der Waals surface area contributed by atoms with E-state index in [1.807, 2.05) is 27.7 Å². The summed E-state index contributed by atoms with van der Waals surface area (Å²) in [6.45, 7) is 9.74. The highest BCUT2D eigenvalue weighted by Crippen LogP contribution is 2.21. The first-order valence-electron chi connectivity index (χ1n) is 7.12. The van der Waals surface area contributed by atoms with Crippen LogP contribution in [-0.4, -0.2) is 43.4 Å². The van der Waals surface area contributed by atoms with E-state index in [9.17, 15) is 4.79 Å². The Bertz CT molecular complexity index is 289. The van der Waals surface area contributed by atoms with Gasteiger partial charge in [0.05, 0.1) is 18.1 Å². The number of hydrogen-bond acceptors (Lipinski definition) is 5. The van der Waals surface area contributed by atoms with E-state index in [1.165, 1.54) is 0 Å². The van der Waals surface area contributed by atoms with Gasteiger partial charge in [-0.05, 0) is 53.6 Å². The molecule has 0 spiro atoms. The molecule has 0 aromatic heterocycles. The van der Waals surface area contributed by atoms with E-state index >= 15 is 0 Å². The lowest BCUT2D eigenvalue weighted by Gasteiger charge is -2.34. The van der Waals surface area contributed by atoms with Crippen molar-refractivity contribution in [1.29, 1.82) is 0 Å². The van der Waals surface area contributed by atoms with Crippen LogP contribution in [0.25, 0.3) is 0 Å². The van der Waals surface area contributed by atoms with E-state index in [-0.39, 0.29) is 24.1 Å². The molecule has 0 bridgehead atoms. The number of rotatable bonds is 5. The van der Waals surface area contributed by atoms with Crippen LogP contribution < -0.4 is 11.1 Å². The van der Waals surface area contributed by atoms with Gasteiger partial charge in [-0.3, -0.25) is 4.79 Å². The van der Waals surface area contributed by atoms with Gasteiger partial charge in [0.1, 0.15) is 5.60 Å². The zero-order valence-electron chi connectivity index (χ0n) is 12.6. The molecule has 0 aliphatic carbocycles. The van der Waals surface area contributed by atoms with Crippen molar-refractivity contribution in [2.45, 2.75) is 58.3 Å². The lowest BCUT2D eigenvalue weighted by Crippen LogP contribution is -2.48. The monoisotopic (exact) mass is 272 g/mol. The van der Waals surface area contributed by atoms with Crippen LogP contribution in [0.3, 0.4) is 0 Å². The molecule has 1 rings (SSSR count). The standard InChI is InChI=1S/C14H28N2O3/c1-10(5-7-15)18-12-6-8-16-9-11(12)13(17)19-14(2,3)4/h10-12,16H,5-9,15H2,1-4H3/t10-,11?,12?/m0/s1. The number of nitrogens with two attached hydrogens (primary N) is 1. The first kappa shape index (κ1) is 16.4. The molecule has 1 heterocycles. The van der Waals surface area contributed by atoms with Gasteiger partial charge < -0.3 is 20.5 Å². The van der Waals surface area contributed by atoms with Gasteiger partial charge in [0.2, 0.25) is 0 Å². The Kier molecular flexibility index (Phi) is 6.23. The predicted octanol–water partition coefficient (Wildman–Crippen LogP) is 1.06. The van der Waals surface area contributed by atoms with Crippen LogP contribution >= 0.6 is 0 Å². The molecular formula is C14H28N2O3. The quantitative estimate of drug-likeness (QED) is 0.732. The number of ether oxygens (including phenoxy) is 2. The van der Waals surface area contributed by atoms with E-state index in [0.29, 0.717) is 13.1 Å². The highest BCUT2D eigenvalue weighted by molar-refractivity contribution is 5.74. The predicted molar refractivity (Wildman–Crippen MR) is 74.8 cm³/mol. The third-order valence-electron chi connectivity index (χ3n) is 3.11. The van der Waals surface area contributed by atoms with Crippen LogP contribution in [0.5, 0.6) is 0 Å². The third kappa shape index (κ3) is 5.89. The molecule has 5 heteroatoms. The van der Waals surface area contributed by atoms with Crippen LogP contribution in [0.2, 0.25) is 0 Å². The Balaban J connectivity index is 2.59. The van der Waals surface area contributed by atoms with Crippen LogP contribution in [0, 0.1) is 5.92 Å². The van der Waals surface area contributed by atoms with Crippen molar-refractivity contribution in [3.05, 3.63) is 0 Å². The van der Waals surface area contributed by atoms with E-state index in [2.05, 4.69) is 5.32 Å². The summed E-state index contributed by atoms with van der Waals surface area (Å²) in [4.78, 5) is 12.2. The molecule has 3 N–H and O–H groups in total. The molecule has 1 fully saturated rings. The van der Waals surface area contributed by atoms with Crippen LogP contribution in [0.4, 0.5) is 0 Å². The van der Waals surface area contributed by atoms with E-state index in [0.717, 1.165) is 19.4 Å². The summed E-state index contributed by atoms with van der Waals surface area (Å²) >= 11 is 0. The number of nitrogens with one attached hydrogen (secondary N) is 1. The van der Waals surface area contributed by atoms with Crippen molar-refractivity contribution < 1.29 is 14.3 Å². The maximum Gasteiger partial charge on any atom is 0.313 e. The van der Waals surface area contributed by atoms with Crippen LogP contribution in [0.15, 0.2) is 0 Å². The lowest BCUT2D eigenvalue weighted by atomic mass is 9.95. The minimum absolute atomic E-state index is 0.0716. The topological polar surface area (TPSA) is 73.6 Å². The number of hydrogen-bond donors (Lipinski definition) is 2. The Morgan fingerprint density at radius 1 is 1.47 bits per heavy atom. The molecule has 2 unspecified atom stereocenters. The van der Waals surface area contributed by atoms with Crippen LogP contribution in [0.1, 0.15) is 40.5 Å². The van der Waals surface area contributed by atoms with Gasteiger partial charge in [0, 0.05) is 6.54 Å². The smallest absolute Gasteiger partial charge is 0.313 e. The lowest BCUT2D eigenvalue weighted by molar-refractivity contribution is -0.168. The Hall–Kier alpha value is -0.650. The molecule has 0 aromatic carbocycles. The van der Waals surface area contributed by atoms with Gasteiger partial charge in [0.25, 0.3) is 0 Å². The zero-order chi connectivity index (χ0) is 14.5. The molecule has 19 heavy (non-hydrogen) atoms. The molecule has 0 aromatic rings. The summed E-state index contributed by atoms with van der Waals surface area (Å²) in [7, 11) is 0. The number of carbonyl (C=O) groups excluding carboxylic acids is 1. The summed E-state index contributed by atoms with van der Waals surface area (Å²) in [5, 5.41) is 3.23. The van der Waals surface area contributed by atoms with Gasteiger partial charge >= 0.3 is 5.97 Å². The van der Waals surface area contributed by atoms with Gasteiger partial charge in [0.15, 0.2) is 0 Å².